The van der Waals surface area contributed by atoms with E-state index in [1.807, 2.05) is 20.8 Å². The molecule has 2 atom stereocenters. The summed E-state index contributed by atoms with van der Waals surface area (Å²) in [6.45, 7) is 6.35. The molecule has 1 aromatic rings. The van der Waals surface area contributed by atoms with E-state index < -0.39 is 17.3 Å². The second-order valence-electron chi connectivity index (χ2n) is 6.05. The maximum atomic E-state index is 13.5. The van der Waals surface area contributed by atoms with Crippen molar-refractivity contribution in [2.45, 2.75) is 57.5 Å². The summed E-state index contributed by atoms with van der Waals surface area (Å²) in [6.07, 6.45) is 0.804. The SMILES string of the molecule is CCC1(COCc2ccccc2F)CC(O)C(C)(C)O1. The molecule has 1 aromatic carbocycles. The molecular weight excluding hydrogens is 259 g/mol. The smallest absolute Gasteiger partial charge is 0.128 e. The van der Waals surface area contributed by atoms with Crippen molar-refractivity contribution < 1.29 is 19.0 Å². The summed E-state index contributed by atoms with van der Waals surface area (Å²) in [7, 11) is 0. The van der Waals surface area contributed by atoms with E-state index in [0.29, 0.717) is 18.6 Å². The molecule has 2 rings (SSSR count). The fraction of sp³-hybridized carbons (Fsp3) is 0.625. The molecule has 0 saturated carbocycles. The Hall–Kier alpha value is -0.970. The van der Waals surface area contributed by atoms with E-state index in [1.54, 1.807) is 18.2 Å². The molecule has 1 heterocycles. The Morgan fingerprint density at radius 1 is 1.40 bits per heavy atom. The lowest BCUT2D eigenvalue weighted by atomic mass is 9.93. The monoisotopic (exact) mass is 282 g/mol. The van der Waals surface area contributed by atoms with Crippen molar-refractivity contribution in [1.82, 2.24) is 0 Å². The van der Waals surface area contributed by atoms with Gasteiger partial charge in [-0.05, 0) is 26.3 Å². The standard InChI is InChI=1S/C16H23FO3/c1-4-16(9-14(18)15(2,3)20-16)11-19-10-12-7-5-6-8-13(12)17/h5-8,14,18H,4,9-11H2,1-3H3. The summed E-state index contributed by atoms with van der Waals surface area (Å²) in [5, 5.41) is 10.0. The zero-order valence-corrected chi connectivity index (χ0v) is 12.4. The van der Waals surface area contributed by atoms with Crippen molar-refractivity contribution in [3.63, 3.8) is 0 Å². The van der Waals surface area contributed by atoms with Crippen molar-refractivity contribution in [2.75, 3.05) is 6.61 Å². The molecule has 3 nitrogen and oxygen atoms in total. The Labute approximate surface area is 119 Å². The number of aliphatic hydroxyl groups excluding tert-OH is 1. The molecule has 1 N–H and O–H groups in total. The van der Waals surface area contributed by atoms with Crippen LogP contribution in [0.15, 0.2) is 24.3 Å². The second-order valence-corrected chi connectivity index (χ2v) is 6.05. The van der Waals surface area contributed by atoms with Crippen molar-refractivity contribution in [2.24, 2.45) is 0 Å². The highest BCUT2D eigenvalue weighted by Crippen LogP contribution is 2.40. The Kier molecular flexibility index (Phi) is 4.47. The Balaban J connectivity index is 1.94. The minimum atomic E-state index is -0.558. The molecule has 0 bridgehead atoms. The maximum absolute atomic E-state index is 13.5. The van der Waals surface area contributed by atoms with Gasteiger partial charge in [-0.25, -0.2) is 4.39 Å². The van der Waals surface area contributed by atoms with Crippen LogP contribution in [0.5, 0.6) is 0 Å². The molecule has 112 valence electrons. The quantitative estimate of drug-likeness (QED) is 0.902. The molecule has 1 aliphatic heterocycles. The van der Waals surface area contributed by atoms with Gasteiger partial charge in [-0.15, -0.1) is 0 Å². The van der Waals surface area contributed by atoms with Crippen LogP contribution >= 0.6 is 0 Å². The molecule has 0 aliphatic carbocycles. The van der Waals surface area contributed by atoms with Crippen LogP contribution in [-0.4, -0.2) is 29.0 Å². The lowest BCUT2D eigenvalue weighted by Crippen LogP contribution is -2.37. The number of rotatable bonds is 5. The first kappa shape index (κ1) is 15.4. The lowest BCUT2D eigenvalue weighted by Gasteiger charge is -2.30. The molecule has 0 aromatic heterocycles. The molecule has 1 fully saturated rings. The van der Waals surface area contributed by atoms with E-state index in [4.69, 9.17) is 9.47 Å². The van der Waals surface area contributed by atoms with Gasteiger partial charge in [-0.3, -0.25) is 0 Å². The van der Waals surface area contributed by atoms with Crippen molar-refractivity contribution in [3.05, 3.63) is 35.6 Å². The first-order valence-corrected chi connectivity index (χ1v) is 7.08. The van der Waals surface area contributed by atoms with E-state index in [9.17, 15) is 9.50 Å². The second kappa shape index (κ2) is 5.80. The molecular formula is C16H23FO3. The van der Waals surface area contributed by atoms with Crippen LogP contribution in [0.2, 0.25) is 0 Å². The summed E-state index contributed by atoms with van der Waals surface area (Å²) in [4.78, 5) is 0. The minimum absolute atomic E-state index is 0.217. The predicted octanol–water partition coefficient (Wildman–Crippen LogP) is 3.05. The van der Waals surface area contributed by atoms with Crippen molar-refractivity contribution >= 4 is 0 Å². The van der Waals surface area contributed by atoms with Gasteiger partial charge in [-0.1, -0.05) is 25.1 Å². The third kappa shape index (κ3) is 3.19. The van der Waals surface area contributed by atoms with Gasteiger partial charge >= 0.3 is 0 Å². The first-order valence-electron chi connectivity index (χ1n) is 7.08. The van der Waals surface area contributed by atoms with E-state index in [-0.39, 0.29) is 12.4 Å². The highest BCUT2D eigenvalue weighted by molar-refractivity contribution is 5.16. The Morgan fingerprint density at radius 3 is 2.65 bits per heavy atom. The molecule has 1 saturated heterocycles. The van der Waals surface area contributed by atoms with Crippen LogP contribution in [0.3, 0.4) is 0 Å². The molecule has 0 radical (unpaired) electrons. The van der Waals surface area contributed by atoms with Crippen LogP contribution in [-0.2, 0) is 16.1 Å². The van der Waals surface area contributed by atoms with Gasteiger partial charge < -0.3 is 14.6 Å². The van der Waals surface area contributed by atoms with Gasteiger partial charge in [0.15, 0.2) is 0 Å². The average molecular weight is 282 g/mol. The zero-order valence-electron chi connectivity index (χ0n) is 12.4. The van der Waals surface area contributed by atoms with Crippen LogP contribution in [0, 0.1) is 5.82 Å². The third-order valence-corrected chi connectivity index (χ3v) is 4.07. The number of hydrogen-bond donors (Lipinski definition) is 1. The largest absolute Gasteiger partial charge is 0.390 e. The summed E-state index contributed by atoms with van der Waals surface area (Å²) >= 11 is 0. The molecule has 20 heavy (non-hydrogen) atoms. The molecule has 0 spiro atoms. The van der Waals surface area contributed by atoms with Gasteiger partial charge in [0.2, 0.25) is 0 Å². The van der Waals surface area contributed by atoms with Crippen LogP contribution < -0.4 is 0 Å². The molecule has 2 unspecified atom stereocenters. The summed E-state index contributed by atoms with van der Waals surface area (Å²) < 4.78 is 25.1. The lowest BCUT2D eigenvalue weighted by molar-refractivity contribution is -0.136. The van der Waals surface area contributed by atoms with Gasteiger partial charge in [0, 0.05) is 12.0 Å². The van der Waals surface area contributed by atoms with Gasteiger partial charge in [0.1, 0.15) is 5.82 Å². The summed E-state index contributed by atoms with van der Waals surface area (Å²) in [6, 6.07) is 6.58. The molecule has 1 aliphatic rings. The molecule has 4 heteroatoms. The van der Waals surface area contributed by atoms with Crippen LogP contribution in [0.25, 0.3) is 0 Å². The van der Waals surface area contributed by atoms with E-state index >= 15 is 0 Å². The molecule has 0 amide bonds. The highest BCUT2D eigenvalue weighted by Gasteiger charge is 2.49. The fourth-order valence-corrected chi connectivity index (χ4v) is 2.64. The fourth-order valence-electron chi connectivity index (χ4n) is 2.64. The number of halogens is 1. The maximum Gasteiger partial charge on any atom is 0.128 e. The topological polar surface area (TPSA) is 38.7 Å². The first-order chi connectivity index (χ1) is 9.38. The number of aliphatic hydroxyl groups is 1. The third-order valence-electron chi connectivity index (χ3n) is 4.07. The van der Waals surface area contributed by atoms with Crippen LogP contribution in [0.4, 0.5) is 4.39 Å². The van der Waals surface area contributed by atoms with Crippen molar-refractivity contribution in [3.8, 4) is 0 Å². The van der Waals surface area contributed by atoms with Gasteiger partial charge in [0.25, 0.3) is 0 Å². The summed E-state index contributed by atoms with van der Waals surface area (Å²) in [5.41, 5.74) is -0.498. The number of ether oxygens (including phenoxy) is 2. The number of benzene rings is 1. The van der Waals surface area contributed by atoms with Gasteiger partial charge in [-0.2, -0.15) is 0 Å². The Morgan fingerprint density at radius 2 is 2.10 bits per heavy atom. The normalized spacial score (nSPS) is 28.8. The summed E-state index contributed by atoms with van der Waals surface area (Å²) in [5.74, 6) is -0.259. The Bertz CT molecular complexity index is 461. The van der Waals surface area contributed by atoms with E-state index in [2.05, 4.69) is 0 Å². The van der Waals surface area contributed by atoms with E-state index in [0.717, 1.165) is 6.42 Å². The number of hydrogen-bond acceptors (Lipinski definition) is 3. The van der Waals surface area contributed by atoms with Crippen molar-refractivity contribution in [1.29, 1.82) is 0 Å². The van der Waals surface area contributed by atoms with Crippen LogP contribution in [0.1, 0.15) is 39.2 Å². The van der Waals surface area contributed by atoms with E-state index in [1.165, 1.54) is 6.07 Å². The minimum Gasteiger partial charge on any atom is -0.390 e. The predicted molar refractivity (Wildman–Crippen MR) is 74.9 cm³/mol. The highest BCUT2D eigenvalue weighted by atomic mass is 19.1. The average Bonchev–Trinajstić information content (AvgIpc) is 2.63. The van der Waals surface area contributed by atoms with Gasteiger partial charge in [0.05, 0.1) is 30.5 Å². The zero-order chi connectivity index (χ0) is 14.8.